The van der Waals surface area contributed by atoms with E-state index in [1.807, 2.05) is 12.1 Å². The number of rotatable bonds is 7. The van der Waals surface area contributed by atoms with Gasteiger partial charge in [0.25, 0.3) is 0 Å². The zero-order chi connectivity index (χ0) is 15.9. The zero-order valence-electron chi connectivity index (χ0n) is 12.0. The van der Waals surface area contributed by atoms with Crippen LogP contribution in [0.5, 0.6) is 0 Å². The van der Waals surface area contributed by atoms with Gasteiger partial charge in [0.05, 0.1) is 4.92 Å². The van der Waals surface area contributed by atoms with E-state index < -0.39 is 4.92 Å². The molecule has 1 aromatic heterocycles. The molecule has 0 spiro atoms. The third-order valence-corrected chi connectivity index (χ3v) is 3.46. The van der Waals surface area contributed by atoms with Crippen LogP contribution < -0.4 is 10.6 Å². The van der Waals surface area contributed by atoms with Crippen LogP contribution in [0.15, 0.2) is 35.1 Å². The molecule has 0 saturated heterocycles. The van der Waals surface area contributed by atoms with E-state index in [0.717, 1.165) is 17.3 Å². The second-order valence-corrected chi connectivity index (χ2v) is 5.50. The molecule has 7 nitrogen and oxygen atoms in total. The molecule has 2 rings (SSSR count). The summed E-state index contributed by atoms with van der Waals surface area (Å²) in [6.07, 6.45) is 3.22. The van der Waals surface area contributed by atoms with Crippen molar-refractivity contribution in [1.29, 1.82) is 0 Å². The van der Waals surface area contributed by atoms with Gasteiger partial charge in [0, 0.05) is 16.7 Å². The maximum Gasteiger partial charge on any atom is 0.353 e. The van der Waals surface area contributed by atoms with Crippen molar-refractivity contribution in [2.75, 3.05) is 17.2 Å². The Kier molecular flexibility index (Phi) is 5.65. The van der Waals surface area contributed by atoms with Crippen molar-refractivity contribution < 1.29 is 4.92 Å². The number of aromatic nitrogens is 2. The average molecular weight is 366 g/mol. The lowest BCUT2D eigenvalue weighted by Gasteiger charge is -2.09. The molecule has 2 aromatic rings. The highest BCUT2D eigenvalue weighted by atomic mass is 79.9. The van der Waals surface area contributed by atoms with Gasteiger partial charge in [-0.1, -0.05) is 29.3 Å². The Labute approximate surface area is 136 Å². The first kappa shape index (κ1) is 16.2. The molecule has 8 heteroatoms. The number of hydrogen-bond acceptors (Lipinski definition) is 6. The summed E-state index contributed by atoms with van der Waals surface area (Å²) in [6, 6.07) is 7.30. The largest absolute Gasteiger partial charge is 0.364 e. The van der Waals surface area contributed by atoms with Crippen LogP contribution in [0.4, 0.5) is 23.0 Å². The fourth-order valence-electron chi connectivity index (χ4n) is 1.83. The maximum atomic E-state index is 11.4. The number of nitrogens with zero attached hydrogens (tertiary/aromatic N) is 3. The lowest BCUT2D eigenvalue weighted by atomic mass is 10.3. The Bertz CT molecular complexity index is 648. The van der Waals surface area contributed by atoms with Gasteiger partial charge in [-0.05, 0) is 30.7 Å². The van der Waals surface area contributed by atoms with Crippen molar-refractivity contribution in [3.8, 4) is 0 Å². The SMILES string of the molecule is CCCCNc1ncnc(Nc2ccc(Br)cc2)c1[N+](=O)[O-]. The first-order valence-electron chi connectivity index (χ1n) is 6.87. The van der Waals surface area contributed by atoms with Gasteiger partial charge in [-0.25, -0.2) is 9.97 Å². The summed E-state index contributed by atoms with van der Waals surface area (Å²) in [5.41, 5.74) is 0.561. The van der Waals surface area contributed by atoms with Crippen molar-refractivity contribution >= 4 is 38.9 Å². The molecule has 0 amide bonds. The molecule has 116 valence electrons. The number of nitro groups is 1. The minimum absolute atomic E-state index is 0.151. The van der Waals surface area contributed by atoms with Gasteiger partial charge in [-0.3, -0.25) is 10.1 Å². The van der Waals surface area contributed by atoms with Crippen molar-refractivity contribution in [2.24, 2.45) is 0 Å². The predicted molar refractivity (Wildman–Crippen MR) is 89.5 cm³/mol. The van der Waals surface area contributed by atoms with Gasteiger partial charge < -0.3 is 10.6 Å². The molecule has 2 N–H and O–H groups in total. The molecule has 0 atom stereocenters. The summed E-state index contributed by atoms with van der Waals surface area (Å²) in [5.74, 6) is 0.398. The zero-order valence-corrected chi connectivity index (χ0v) is 13.6. The molecular weight excluding hydrogens is 350 g/mol. The van der Waals surface area contributed by atoms with Crippen LogP contribution in [-0.2, 0) is 0 Å². The summed E-state index contributed by atoms with van der Waals surface area (Å²) in [6.45, 7) is 2.68. The van der Waals surface area contributed by atoms with Crippen LogP contribution in [0.3, 0.4) is 0 Å². The van der Waals surface area contributed by atoms with Gasteiger partial charge in [0.1, 0.15) is 6.33 Å². The summed E-state index contributed by atoms with van der Waals surface area (Å²) in [5, 5.41) is 17.3. The Morgan fingerprint density at radius 3 is 2.55 bits per heavy atom. The number of halogens is 1. The van der Waals surface area contributed by atoms with Crippen molar-refractivity contribution in [1.82, 2.24) is 9.97 Å². The van der Waals surface area contributed by atoms with Gasteiger partial charge in [0.2, 0.25) is 11.6 Å². The van der Waals surface area contributed by atoms with Gasteiger partial charge in [0.15, 0.2) is 0 Å². The average Bonchev–Trinajstić information content (AvgIpc) is 2.50. The quantitative estimate of drug-likeness (QED) is 0.435. The van der Waals surface area contributed by atoms with E-state index in [-0.39, 0.29) is 17.3 Å². The maximum absolute atomic E-state index is 11.4. The normalized spacial score (nSPS) is 10.3. The Hall–Kier alpha value is -2.22. The smallest absolute Gasteiger partial charge is 0.353 e. The molecule has 22 heavy (non-hydrogen) atoms. The molecule has 1 heterocycles. The summed E-state index contributed by atoms with van der Waals surface area (Å²) < 4.78 is 0.928. The van der Waals surface area contributed by atoms with Crippen LogP contribution in [0.25, 0.3) is 0 Å². The molecular formula is C14H16BrN5O2. The summed E-state index contributed by atoms with van der Waals surface area (Å²) in [7, 11) is 0. The first-order chi connectivity index (χ1) is 10.6. The van der Waals surface area contributed by atoms with Crippen LogP contribution in [-0.4, -0.2) is 21.4 Å². The third kappa shape index (κ3) is 4.14. The van der Waals surface area contributed by atoms with Gasteiger partial charge in [-0.15, -0.1) is 0 Å². The third-order valence-electron chi connectivity index (χ3n) is 2.93. The second kappa shape index (κ2) is 7.69. The van der Waals surface area contributed by atoms with Crippen molar-refractivity contribution in [2.45, 2.75) is 19.8 Å². The molecule has 0 aliphatic rings. The van der Waals surface area contributed by atoms with E-state index in [4.69, 9.17) is 0 Å². The molecule has 0 aliphatic carbocycles. The topological polar surface area (TPSA) is 93.0 Å². The van der Waals surface area contributed by atoms with E-state index in [1.165, 1.54) is 6.33 Å². The summed E-state index contributed by atoms with van der Waals surface area (Å²) in [4.78, 5) is 18.8. The fraction of sp³-hybridized carbons (Fsp3) is 0.286. The first-order valence-corrected chi connectivity index (χ1v) is 7.67. The predicted octanol–water partition coefficient (Wildman–Crippen LogP) is 4.10. The molecule has 0 unspecified atom stereocenters. The fourth-order valence-corrected chi connectivity index (χ4v) is 2.09. The Morgan fingerprint density at radius 1 is 1.23 bits per heavy atom. The monoisotopic (exact) mass is 365 g/mol. The van der Waals surface area contributed by atoms with E-state index in [9.17, 15) is 10.1 Å². The molecule has 0 aliphatic heterocycles. The summed E-state index contributed by atoms with van der Waals surface area (Å²) >= 11 is 3.34. The van der Waals surface area contributed by atoms with Crippen molar-refractivity contribution in [3.63, 3.8) is 0 Å². The highest BCUT2D eigenvalue weighted by molar-refractivity contribution is 9.10. The van der Waals surface area contributed by atoms with Crippen LogP contribution in [0.1, 0.15) is 19.8 Å². The van der Waals surface area contributed by atoms with E-state index in [2.05, 4.69) is 43.5 Å². The van der Waals surface area contributed by atoms with Crippen LogP contribution in [0, 0.1) is 10.1 Å². The highest BCUT2D eigenvalue weighted by Gasteiger charge is 2.22. The van der Waals surface area contributed by atoms with Crippen molar-refractivity contribution in [3.05, 3.63) is 45.2 Å². The molecule has 0 bridgehead atoms. The Balaban J connectivity index is 2.27. The number of benzene rings is 1. The molecule has 1 aromatic carbocycles. The van der Waals surface area contributed by atoms with Crippen LogP contribution in [0.2, 0.25) is 0 Å². The number of anilines is 3. The minimum atomic E-state index is -0.477. The lowest BCUT2D eigenvalue weighted by Crippen LogP contribution is -2.09. The number of unbranched alkanes of at least 4 members (excludes halogenated alkanes) is 1. The standard InChI is InChI=1S/C14H16BrN5O2/c1-2-3-8-16-13-12(20(21)22)14(18-9-17-13)19-11-6-4-10(15)5-7-11/h4-7,9H,2-3,8H2,1H3,(H2,16,17,18,19). The highest BCUT2D eigenvalue weighted by Crippen LogP contribution is 2.31. The molecule has 0 radical (unpaired) electrons. The van der Waals surface area contributed by atoms with Gasteiger partial charge >= 0.3 is 5.69 Å². The van der Waals surface area contributed by atoms with E-state index in [1.54, 1.807) is 12.1 Å². The van der Waals surface area contributed by atoms with Crippen LogP contribution >= 0.6 is 15.9 Å². The lowest BCUT2D eigenvalue weighted by molar-refractivity contribution is -0.383. The van der Waals surface area contributed by atoms with E-state index >= 15 is 0 Å². The Morgan fingerprint density at radius 2 is 1.91 bits per heavy atom. The second-order valence-electron chi connectivity index (χ2n) is 4.59. The minimum Gasteiger partial charge on any atom is -0.364 e. The number of hydrogen-bond donors (Lipinski definition) is 2. The van der Waals surface area contributed by atoms with Gasteiger partial charge in [-0.2, -0.15) is 0 Å². The number of nitrogens with one attached hydrogen (secondary N) is 2. The van der Waals surface area contributed by atoms with E-state index in [0.29, 0.717) is 12.2 Å². The molecule has 0 fully saturated rings. The molecule has 0 saturated carbocycles.